The maximum atomic E-state index is 11.4. The summed E-state index contributed by atoms with van der Waals surface area (Å²) in [5, 5.41) is 20.1. The maximum Gasteiger partial charge on any atom is 0.223 e. The fraction of sp³-hybridized carbons (Fsp3) is 0.462. The van der Waals surface area contributed by atoms with Crippen LogP contribution in [0.4, 0.5) is 0 Å². The molecule has 0 aliphatic heterocycles. The number of hydrogen-bond acceptors (Lipinski definition) is 5. The van der Waals surface area contributed by atoms with Gasteiger partial charge in [0.15, 0.2) is 0 Å². The molecule has 0 saturated heterocycles. The first-order chi connectivity index (χ1) is 9.15. The van der Waals surface area contributed by atoms with Gasteiger partial charge in [0.05, 0.1) is 32.8 Å². The Labute approximate surface area is 112 Å². The highest BCUT2D eigenvalue weighted by Gasteiger charge is 2.06. The van der Waals surface area contributed by atoms with Crippen molar-refractivity contribution >= 4 is 5.91 Å². The summed E-state index contributed by atoms with van der Waals surface area (Å²) in [6.07, 6.45) is -0.740. The number of benzene rings is 1. The minimum atomic E-state index is -0.925. The van der Waals surface area contributed by atoms with Crippen LogP contribution < -0.4 is 14.8 Å². The second-order valence-corrected chi connectivity index (χ2v) is 3.91. The van der Waals surface area contributed by atoms with E-state index in [1.165, 1.54) is 0 Å². The molecule has 1 rings (SSSR count). The number of amides is 1. The Kier molecular flexibility index (Phi) is 6.70. The van der Waals surface area contributed by atoms with E-state index < -0.39 is 6.10 Å². The number of ether oxygens (including phenoxy) is 2. The summed E-state index contributed by atoms with van der Waals surface area (Å²) in [5.74, 6) is 1.16. The fourth-order valence-corrected chi connectivity index (χ4v) is 1.32. The predicted molar refractivity (Wildman–Crippen MR) is 69.2 cm³/mol. The van der Waals surface area contributed by atoms with Crippen molar-refractivity contribution in [2.75, 3.05) is 26.9 Å². The third-order valence-corrected chi connectivity index (χ3v) is 2.40. The predicted octanol–water partition coefficient (Wildman–Crippen LogP) is -0.0665. The van der Waals surface area contributed by atoms with Crippen molar-refractivity contribution in [1.82, 2.24) is 5.32 Å². The Morgan fingerprint density at radius 3 is 2.53 bits per heavy atom. The van der Waals surface area contributed by atoms with Gasteiger partial charge in [-0.3, -0.25) is 4.79 Å². The molecule has 19 heavy (non-hydrogen) atoms. The summed E-state index contributed by atoms with van der Waals surface area (Å²) in [6, 6.07) is 7.05. The van der Waals surface area contributed by atoms with E-state index in [9.17, 15) is 4.79 Å². The van der Waals surface area contributed by atoms with Crippen LogP contribution in [0.3, 0.4) is 0 Å². The Morgan fingerprint density at radius 2 is 1.95 bits per heavy atom. The zero-order chi connectivity index (χ0) is 14.1. The molecule has 0 radical (unpaired) electrons. The average molecular weight is 269 g/mol. The number of aliphatic hydroxyl groups excluding tert-OH is 2. The number of aliphatic hydroxyl groups is 2. The molecule has 1 atom stereocenters. The molecule has 0 fully saturated rings. The Balaban J connectivity index is 2.20. The van der Waals surface area contributed by atoms with Crippen molar-refractivity contribution in [2.24, 2.45) is 0 Å². The molecule has 1 aromatic carbocycles. The molecular formula is C13H19NO5. The van der Waals surface area contributed by atoms with Crippen molar-refractivity contribution in [3.05, 3.63) is 24.3 Å². The highest BCUT2D eigenvalue weighted by molar-refractivity contribution is 5.76. The van der Waals surface area contributed by atoms with Crippen molar-refractivity contribution in [3.63, 3.8) is 0 Å². The molecule has 6 nitrogen and oxygen atoms in total. The van der Waals surface area contributed by atoms with Gasteiger partial charge < -0.3 is 25.0 Å². The van der Waals surface area contributed by atoms with Crippen LogP contribution in [0.5, 0.6) is 11.5 Å². The summed E-state index contributed by atoms with van der Waals surface area (Å²) in [5.41, 5.74) is 0. The SMILES string of the molecule is COc1ccc(OCCC(=O)NCC(O)CO)cc1. The van der Waals surface area contributed by atoms with Gasteiger partial charge in [-0.1, -0.05) is 0 Å². The molecule has 0 spiro atoms. The summed E-state index contributed by atoms with van der Waals surface area (Å²) in [7, 11) is 1.58. The number of hydrogen-bond donors (Lipinski definition) is 3. The van der Waals surface area contributed by atoms with Crippen LogP contribution in [-0.4, -0.2) is 49.1 Å². The van der Waals surface area contributed by atoms with E-state index in [0.29, 0.717) is 5.75 Å². The smallest absolute Gasteiger partial charge is 0.223 e. The highest BCUT2D eigenvalue weighted by atomic mass is 16.5. The minimum absolute atomic E-state index is 0.0396. The second-order valence-electron chi connectivity index (χ2n) is 3.91. The molecule has 1 amide bonds. The Morgan fingerprint density at radius 1 is 1.32 bits per heavy atom. The van der Waals surface area contributed by atoms with Crippen LogP contribution in [0.1, 0.15) is 6.42 Å². The van der Waals surface area contributed by atoms with Crippen LogP contribution in [0.25, 0.3) is 0 Å². The number of methoxy groups -OCH3 is 1. The summed E-state index contributed by atoms with van der Waals surface area (Å²) >= 11 is 0. The fourth-order valence-electron chi connectivity index (χ4n) is 1.32. The van der Waals surface area contributed by atoms with E-state index >= 15 is 0 Å². The van der Waals surface area contributed by atoms with Gasteiger partial charge in [-0.05, 0) is 24.3 Å². The third-order valence-electron chi connectivity index (χ3n) is 2.40. The first-order valence-corrected chi connectivity index (χ1v) is 5.98. The number of nitrogens with one attached hydrogen (secondary N) is 1. The normalized spacial score (nSPS) is 11.7. The van der Waals surface area contributed by atoms with Crippen molar-refractivity contribution in [1.29, 1.82) is 0 Å². The zero-order valence-electron chi connectivity index (χ0n) is 10.8. The standard InChI is InChI=1S/C13H19NO5/c1-18-11-2-4-12(5-3-11)19-7-6-13(17)14-8-10(16)9-15/h2-5,10,15-16H,6-9H2,1H3,(H,14,17). The van der Waals surface area contributed by atoms with E-state index in [4.69, 9.17) is 19.7 Å². The van der Waals surface area contributed by atoms with E-state index in [-0.39, 0.29) is 32.1 Å². The van der Waals surface area contributed by atoms with Crippen molar-refractivity contribution < 1.29 is 24.5 Å². The van der Waals surface area contributed by atoms with Gasteiger partial charge in [0.1, 0.15) is 11.5 Å². The van der Waals surface area contributed by atoms with Gasteiger partial charge >= 0.3 is 0 Å². The van der Waals surface area contributed by atoms with Crippen LogP contribution in [0, 0.1) is 0 Å². The lowest BCUT2D eigenvalue weighted by Crippen LogP contribution is -2.34. The lowest BCUT2D eigenvalue weighted by molar-refractivity contribution is -0.122. The molecule has 0 heterocycles. The monoisotopic (exact) mass is 269 g/mol. The molecule has 3 N–H and O–H groups in total. The highest BCUT2D eigenvalue weighted by Crippen LogP contribution is 2.16. The van der Waals surface area contributed by atoms with Crippen LogP contribution in [-0.2, 0) is 4.79 Å². The number of rotatable bonds is 8. The zero-order valence-corrected chi connectivity index (χ0v) is 10.8. The van der Waals surface area contributed by atoms with E-state index in [0.717, 1.165) is 5.75 Å². The third kappa shape index (κ3) is 6.08. The molecule has 0 aliphatic carbocycles. The lowest BCUT2D eigenvalue weighted by atomic mass is 10.3. The summed E-state index contributed by atoms with van der Waals surface area (Å²) in [4.78, 5) is 11.4. The van der Waals surface area contributed by atoms with E-state index in [1.54, 1.807) is 31.4 Å². The summed E-state index contributed by atoms with van der Waals surface area (Å²) < 4.78 is 10.4. The minimum Gasteiger partial charge on any atom is -0.497 e. The summed E-state index contributed by atoms with van der Waals surface area (Å²) in [6.45, 7) is -0.0894. The average Bonchev–Trinajstić information content (AvgIpc) is 2.45. The Bertz CT molecular complexity index is 379. The van der Waals surface area contributed by atoms with Gasteiger partial charge in [0.25, 0.3) is 0 Å². The van der Waals surface area contributed by atoms with Crippen LogP contribution >= 0.6 is 0 Å². The maximum absolute atomic E-state index is 11.4. The molecule has 0 aromatic heterocycles. The topological polar surface area (TPSA) is 88.0 Å². The second kappa shape index (κ2) is 8.34. The molecule has 6 heteroatoms. The van der Waals surface area contributed by atoms with Crippen molar-refractivity contribution in [2.45, 2.75) is 12.5 Å². The van der Waals surface area contributed by atoms with Crippen LogP contribution in [0.2, 0.25) is 0 Å². The van der Waals surface area contributed by atoms with Gasteiger partial charge in [-0.2, -0.15) is 0 Å². The molecular weight excluding hydrogens is 250 g/mol. The van der Waals surface area contributed by atoms with Crippen LogP contribution in [0.15, 0.2) is 24.3 Å². The molecule has 106 valence electrons. The largest absolute Gasteiger partial charge is 0.497 e. The van der Waals surface area contributed by atoms with Gasteiger partial charge in [0, 0.05) is 6.54 Å². The van der Waals surface area contributed by atoms with Crippen molar-refractivity contribution in [3.8, 4) is 11.5 Å². The quantitative estimate of drug-likeness (QED) is 0.615. The number of carbonyl (C=O) groups excluding carboxylic acids is 1. The molecule has 0 saturated carbocycles. The van der Waals surface area contributed by atoms with Gasteiger partial charge in [-0.25, -0.2) is 0 Å². The molecule has 1 unspecified atom stereocenters. The van der Waals surface area contributed by atoms with Gasteiger partial charge in [0.2, 0.25) is 5.91 Å². The van der Waals surface area contributed by atoms with E-state index in [1.807, 2.05) is 0 Å². The molecule has 0 aliphatic rings. The van der Waals surface area contributed by atoms with Gasteiger partial charge in [-0.15, -0.1) is 0 Å². The molecule has 0 bridgehead atoms. The Hall–Kier alpha value is -1.79. The van der Waals surface area contributed by atoms with E-state index in [2.05, 4.69) is 5.32 Å². The lowest BCUT2D eigenvalue weighted by Gasteiger charge is -2.10. The first kappa shape index (κ1) is 15.3. The first-order valence-electron chi connectivity index (χ1n) is 5.98. The molecule has 1 aromatic rings. The number of carbonyl (C=O) groups is 1.